The van der Waals surface area contributed by atoms with E-state index in [-0.39, 0.29) is 29.4 Å². The number of quaternary nitrogens is 1. The molecule has 2 N–H and O–H groups in total. The Hall–Kier alpha value is -3.14. The number of carbonyl (C=O) groups is 2. The van der Waals surface area contributed by atoms with E-state index in [0.717, 1.165) is 0 Å². The molecule has 1 aromatic heterocycles. The normalized spacial score (nSPS) is 19.6. The van der Waals surface area contributed by atoms with Crippen LogP contribution in [0.4, 0.5) is 5.82 Å². The number of likely N-dealkylation sites (tertiary alicyclic amines) is 1. The molecule has 1 aliphatic heterocycles. The van der Waals surface area contributed by atoms with Gasteiger partial charge in [0.05, 0.1) is 13.6 Å². The minimum absolute atomic E-state index is 0. The molecule has 178 valence electrons. The summed E-state index contributed by atoms with van der Waals surface area (Å²) in [6.45, 7) is 1.37. The molecule has 0 aliphatic carbocycles. The maximum Gasteiger partial charge on any atom is 0.348 e. The number of anilines is 1. The van der Waals surface area contributed by atoms with Gasteiger partial charge in [-0.1, -0.05) is 60.7 Å². The number of nitrogens with one attached hydrogen (secondary N) is 1. The zero-order valence-electron chi connectivity index (χ0n) is 18.8. The molecule has 4 rings (SSSR count). The highest BCUT2D eigenvalue weighted by Crippen LogP contribution is 2.32. The number of likely N-dealkylation sites (N-methyl/N-ethyl adjacent to an activating group) is 1. The fraction of sp³-hybridized carbons (Fsp3) is 0.280. The number of ether oxygens (including phenoxy) is 1. The van der Waals surface area contributed by atoms with E-state index in [2.05, 4.69) is 15.3 Å². The molecule has 2 heterocycles. The van der Waals surface area contributed by atoms with Crippen LogP contribution in [0.3, 0.4) is 0 Å². The van der Waals surface area contributed by atoms with E-state index in [4.69, 9.17) is 4.74 Å². The summed E-state index contributed by atoms with van der Waals surface area (Å²) in [4.78, 5) is 33.7. The summed E-state index contributed by atoms with van der Waals surface area (Å²) in [5.41, 5.74) is -1.03. The molecule has 1 amide bonds. The monoisotopic (exact) mass is 526 g/mol. The summed E-state index contributed by atoms with van der Waals surface area (Å²) in [6.07, 6.45) is 3.12. The number of hydrogen-bond donors (Lipinski definition) is 2. The van der Waals surface area contributed by atoms with Crippen molar-refractivity contribution in [3.8, 4) is 0 Å². The Balaban J connectivity index is 0.00000324. The van der Waals surface area contributed by atoms with Crippen LogP contribution in [0.5, 0.6) is 0 Å². The molecule has 0 spiro atoms. The summed E-state index contributed by atoms with van der Waals surface area (Å²) in [6, 6.07) is 19.2. The third kappa shape index (κ3) is 5.67. The minimum atomic E-state index is -1.92. The highest BCUT2D eigenvalue weighted by Gasteiger charge is 2.45. The predicted molar refractivity (Wildman–Crippen MR) is 122 cm³/mol. The zero-order valence-corrected chi connectivity index (χ0v) is 20.4. The van der Waals surface area contributed by atoms with Crippen LogP contribution in [-0.4, -0.2) is 64.2 Å². The molecule has 34 heavy (non-hydrogen) atoms. The summed E-state index contributed by atoms with van der Waals surface area (Å²) < 4.78 is 6.24. The number of rotatable bonds is 7. The molecule has 0 bridgehead atoms. The van der Waals surface area contributed by atoms with Crippen molar-refractivity contribution in [3.05, 3.63) is 90.4 Å². The molecule has 9 heteroatoms. The Bertz CT molecular complexity index is 1060. The molecule has 3 aromatic rings. The average molecular weight is 527 g/mol. The van der Waals surface area contributed by atoms with Crippen LogP contribution in [0.25, 0.3) is 0 Å². The van der Waals surface area contributed by atoms with E-state index >= 15 is 0 Å². The van der Waals surface area contributed by atoms with Crippen molar-refractivity contribution in [2.45, 2.75) is 18.1 Å². The Labute approximate surface area is 209 Å². The fourth-order valence-electron chi connectivity index (χ4n) is 4.26. The number of nitrogens with zero attached hydrogens (tertiary/aromatic N) is 3. The van der Waals surface area contributed by atoms with Gasteiger partial charge < -0.3 is 36.6 Å². The number of amides is 1. The molecular weight excluding hydrogens is 500 g/mol. The molecule has 1 saturated heterocycles. The van der Waals surface area contributed by atoms with Gasteiger partial charge in [-0.05, 0) is 17.2 Å². The Kier molecular flexibility index (Phi) is 8.14. The number of benzene rings is 2. The van der Waals surface area contributed by atoms with Crippen molar-refractivity contribution < 1.29 is 40.9 Å². The van der Waals surface area contributed by atoms with E-state index in [9.17, 15) is 14.7 Å². The number of carbonyl (C=O) groups excluding carboxylic acids is 2. The highest BCUT2D eigenvalue weighted by molar-refractivity contribution is 5.90. The molecule has 1 fully saturated rings. The van der Waals surface area contributed by atoms with E-state index in [1.165, 1.54) is 6.33 Å². The van der Waals surface area contributed by atoms with Gasteiger partial charge in [0.15, 0.2) is 12.6 Å². The maximum absolute atomic E-state index is 13.3. The van der Waals surface area contributed by atoms with E-state index in [1.807, 2.05) is 19.2 Å². The Morgan fingerprint density at radius 2 is 1.71 bits per heavy atom. The number of aromatic nitrogens is 2. The van der Waals surface area contributed by atoms with E-state index in [1.54, 1.807) is 60.8 Å². The van der Waals surface area contributed by atoms with Gasteiger partial charge >= 0.3 is 5.97 Å². The topological polar surface area (TPSA) is 101 Å². The first-order valence-electron chi connectivity index (χ1n) is 10.8. The molecule has 1 aliphatic rings. The summed E-state index contributed by atoms with van der Waals surface area (Å²) in [5, 5.41) is 14.3. The van der Waals surface area contributed by atoms with Crippen molar-refractivity contribution >= 4 is 17.7 Å². The molecule has 8 nitrogen and oxygen atoms in total. The second-order valence-electron chi connectivity index (χ2n) is 8.59. The third-order valence-corrected chi connectivity index (χ3v) is 5.96. The van der Waals surface area contributed by atoms with Crippen LogP contribution in [0.15, 0.2) is 79.3 Å². The first-order valence-corrected chi connectivity index (χ1v) is 10.8. The predicted octanol–water partition coefficient (Wildman–Crippen LogP) is -0.883. The van der Waals surface area contributed by atoms with Crippen molar-refractivity contribution in [2.75, 3.05) is 32.0 Å². The van der Waals surface area contributed by atoms with Gasteiger partial charge in [0, 0.05) is 12.6 Å². The summed E-state index contributed by atoms with van der Waals surface area (Å²) in [7, 11) is 1.95. The van der Waals surface area contributed by atoms with Crippen LogP contribution in [0, 0.1) is 0 Å². The summed E-state index contributed by atoms with van der Waals surface area (Å²) in [5.74, 6) is -0.448. The third-order valence-electron chi connectivity index (χ3n) is 5.96. The van der Waals surface area contributed by atoms with Gasteiger partial charge in [-0.2, -0.15) is 0 Å². The average Bonchev–Trinajstić information content (AvgIpc) is 3.19. The lowest BCUT2D eigenvalue weighted by Crippen LogP contribution is -3.00. The molecule has 2 unspecified atom stereocenters. The quantitative estimate of drug-likeness (QED) is 0.306. The molecule has 0 radical (unpaired) electrons. The largest absolute Gasteiger partial charge is 1.00 e. The molecule has 2 aromatic carbocycles. The second kappa shape index (κ2) is 10.9. The first kappa shape index (κ1) is 25.5. The van der Waals surface area contributed by atoms with Crippen LogP contribution < -0.4 is 22.3 Å². The van der Waals surface area contributed by atoms with Crippen LogP contribution >= 0.6 is 0 Å². The maximum atomic E-state index is 13.3. The van der Waals surface area contributed by atoms with Gasteiger partial charge in [-0.15, -0.1) is 0 Å². The van der Waals surface area contributed by atoms with Gasteiger partial charge in [0.1, 0.15) is 18.7 Å². The van der Waals surface area contributed by atoms with Crippen molar-refractivity contribution in [3.63, 3.8) is 0 Å². The highest BCUT2D eigenvalue weighted by atomic mass is 79.9. The lowest BCUT2D eigenvalue weighted by Gasteiger charge is -2.30. The van der Waals surface area contributed by atoms with Crippen molar-refractivity contribution in [1.29, 1.82) is 0 Å². The molecule has 0 saturated carbocycles. The van der Waals surface area contributed by atoms with Crippen LogP contribution in [-0.2, 0) is 19.9 Å². The van der Waals surface area contributed by atoms with E-state index in [0.29, 0.717) is 40.9 Å². The molecular formula is C25H27BrN4O4. The van der Waals surface area contributed by atoms with Gasteiger partial charge in [0.2, 0.25) is 5.60 Å². The standard InChI is InChI=1S/C25H26N4O4.BrH/c1-29(17-23(30)28-22-12-14-26-18-27-22)15-13-21(16-29)33-24(31)25(32,19-8-4-2-5-9-19)20-10-6-3-7-11-20;/h2-12,14,18,21,32H,13,15-17H2,1H3;1H. The minimum Gasteiger partial charge on any atom is -1.00 e. The lowest BCUT2D eigenvalue weighted by atomic mass is 9.86. The van der Waals surface area contributed by atoms with E-state index < -0.39 is 17.7 Å². The second-order valence-corrected chi connectivity index (χ2v) is 8.59. The number of esters is 1. The smallest absolute Gasteiger partial charge is 0.348 e. The Morgan fingerprint density at radius 1 is 1.09 bits per heavy atom. The number of aliphatic hydroxyl groups is 1. The van der Waals surface area contributed by atoms with Crippen LogP contribution in [0.1, 0.15) is 17.5 Å². The van der Waals surface area contributed by atoms with Crippen molar-refractivity contribution in [1.82, 2.24) is 9.97 Å². The molecule has 2 atom stereocenters. The van der Waals surface area contributed by atoms with Gasteiger partial charge in [-0.25, -0.2) is 14.8 Å². The van der Waals surface area contributed by atoms with Gasteiger partial charge in [-0.3, -0.25) is 4.79 Å². The SMILES string of the molecule is C[N+]1(CC(=O)Nc2ccncn2)CCC(OC(=O)C(O)(c2ccccc2)c2ccccc2)C1.[Br-]. The van der Waals surface area contributed by atoms with Crippen molar-refractivity contribution in [2.24, 2.45) is 0 Å². The van der Waals surface area contributed by atoms with Gasteiger partial charge in [0.25, 0.3) is 5.91 Å². The first-order chi connectivity index (χ1) is 15.9. The number of halogens is 1. The lowest BCUT2D eigenvalue weighted by molar-refractivity contribution is -0.890. The van der Waals surface area contributed by atoms with Crippen LogP contribution in [0.2, 0.25) is 0 Å². The summed E-state index contributed by atoms with van der Waals surface area (Å²) >= 11 is 0. The zero-order chi connectivity index (χ0) is 23.3. The fourth-order valence-corrected chi connectivity index (χ4v) is 4.26. The Morgan fingerprint density at radius 3 is 2.26 bits per heavy atom. The number of hydrogen-bond acceptors (Lipinski definition) is 6.